The molecule has 25 heavy (non-hydrogen) atoms. The molecule has 2 aromatic rings. The van der Waals surface area contributed by atoms with E-state index in [1.807, 2.05) is 24.3 Å². The van der Waals surface area contributed by atoms with Crippen molar-refractivity contribution in [2.24, 2.45) is 0 Å². The highest BCUT2D eigenvalue weighted by molar-refractivity contribution is 7.80. The zero-order valence-electron chi connectivity index (χ0n) is 15.1. The first-order valence-corrected chi connectivity index (χ1v) is 8.78. The molecule has 0 aromatic heterocycles. The molecular weight excluding hydrogens is 332 g/mol. The Labute approximate surface area is 154 Å². The number of rotatable bonds is 3. The van der Waals surface area contributed by atoms with Gasteiger partial charge in [-0.15, -0.1) is 0 Å². The van der Waals surface area contributed by atoms with Crippen molar-refractivity contribution in [2.75, 3.05) is 12.4 Å². The van der Waals surface area contributed by atoms with Crippen LogP contribution in [0.2, 0.25) is 0 Å². The van der Waals surface area contributed by atoms with Crippen LogP contribution < -0.4 is 20.1 Å². The minimum Gasteiger partial charge on any atom is -0.497 e. The Hall–Kier alpha value is -2.27. The van der Waals surface area contributed by atoms with Crippen LogP contribution in [-0.2, 0) is 0 Å². The molecule has 0 saturated heterocycles. The summed E-state index contributed by atoms with van der Waals surface area (Å²) in [6.45, 7) is 6.28. The molecule has 0 aliphatic carbocycles. The van der Waals surface area contributed by atoms with Gasteiger partial charge in [-0.2, -0.15) is 0 Å². The number of anilines is 1. The molecule has 0 spiro atoms. The molecular formula is C20H24N2O2S. The molecule has 1 heterocycles. The van der Waals surface area contributed by atoms with E-state index in [0.29, 0.717) is 5.11 Å². The molecule has 2 aromatic carbocycles. The molecule has 2 N–H and O–H groups in total. The number of thiocarbonyl (C=S) groups is 1. The van der Waals surface area contributed by atoms with Crippen LogP contribution in [0.15, 0.2) is 42.5 Å². The number of methoxy groups -OCH3 is 1. The number of ether oxygens (including phenoxy) is 2. The Morgan fingerprint density at radius 3 is 2.60 bits per heavy atom. The van der Waals surface area contributed by atoms with Crippen LogP contribution in [0, 0.1) is 6.92 Å². The Balaban J connectivity index is 1.74. The molecule has 132 valence electrons. The summed E-state index contributed by atoms with van der Waals surface area (Å²) in [7, 11) is 1.65. The molecule has 0 saturated carbocycles. The lowest BCUT2D eigenvalue weighted by Gasteiger charge is -2.38. The first-order chi connectivity index (χ1) is 11.9. The molecule has 0 amide bonds. The predicted molar refractivity (Wildman–Crippen MR) is 106 cm³/mol. The lowest BCUT2D eigenvalue weighted by Crippen LogP contribution is -2.42. The lowest BCUT2D eigenvalue weighted by molar-refractivity contribution is 0.0696. The number of benzene rings is 2. The van der Waals surface area contributed by atoms with Gasteiger partial charge in [-0.1, -0.05) is 12.1 Å². The van der Waals surface area contributed by atoms with Gasteiger partial charge in [0.05, 0.1) is 13.2 Å². The van der Waals surface area contributed by atoms with Crippen molar-refractivity contribution in [3.8, 4) is 11.5 Å². The summed E-state index contributed by atoms with van der Waals surface area (Å²) in [4.78, 5) is 0. The molecule has 5 heteroatoms. The van der Waals surface area contributed by atoms with E-state index in [1.54, 1.807) is 7.11 Å². The van der Waals surface area contributed by atoms with Gasteiger partial charge in [0.15, 0.2) is 5.11 Å². The third-order valence-corrected chi connectivity index (χ3v) is 4.50. The minimum absolute atomic E-state index is 0.109. The fourth-order valence-corrected chi connectivity index (χ4v) is 3.35. The second-order valence-corrected chi connectivity index (χ2v) is 7.39. The highest BCUT2D eigenvalue weighted by atomic mass is 32.1. The van der Waals surface area contributed by atoms with E-state index in [-0.39, 0.29) is 11.6 Å². The first-order valence-electron chi connectivity index (χ1n) is 8.37. The van der Waals surface area contributed by atoms with E-state index in [2.05, 4.69) is 49.6 Å². The molecule has 0 radical (unpaired) electrons. The summed E-state index contributed by atoms with van der Waals surface area (Å²) in [6.07, 6.45) is 0.841. The van der Waals surface area contributed by atoms with Crippen LogP contribution in [0.5, 0.6) is 11.5 Å². The molecule has 0 fully saturated rings. The minimum atomic E-state index is -0.242. The third kappa shape index (κ3) is 4.23. The van der Waals surface area contributed by atoms with Crippen molar-refractivity contribution in [3.05, 3.63) is 53.6 Å². The van der Waals surface area contributed by atoms with Gasteiger partial charge >= 0.3 is 0 Å². The van der Waals surface area contributed by atoms with Gasteiger partial charge < -0.3 is 20.1 Å². The molecule has 0 bridgehead atoms. The van der Waals surface area contributed by atoms with Gasteiger partial charge in [-0.05, 0) is 68.9 Å². The molecule has 3 rings (SSSR count). The average molecular weight is 356 g/mol. The van der Waals surface area contributed by atoms with Crippen molar-refractivity contribution in [1.29, 1.82) is 0 Å². The molecule has 0 unspecified atom stereocenters. The van der Waals surface area contributed by atoms with Crippen molar-refractivity contribution < 1.29 is 9.47 Å². The number of aryl methyl sites for hydroxylation is 1. The first kappa shape index (κ1) is 17.5. The van der Waals surface area contributed by atoms with Crippen LogP contribution in [-0.4, -0.2) is 17.8 Å². The summed E-state index contributed by atoms with van der Waals surface area (Å²) < 4.78 is 11.3. The van der Waals surface area contributed by atoms with E-state index in [1.165, 1.54) is 5.56 Å². The maximum atomic E-state index is 6.14. The summed E-state index contributed by atoms with van der Waals surface area (Å²) in [6, 6.07) is 14.1. The Kier molecular flexibility index (Phi) is 4.86. The van der Waals surface area contributed by atoms with Crippen molar-refractivity contribution in [3.63, 3.8) is 0 Å². The number of hydrogen-bond acceptors (Lipinski definition) is 3. The molecule has 1 aliphatic heterocycles. The summed E-state index contributed by atoms with van der Waals surface area (Å²) in [5.74, 6) is 1.75. The predicted octanol–water partition coefficient (Wildman–Crippen LogP) is 4.59. The lowest BCUT2D eigenvalue weighted by atomic mass is 9.89. The van der Waals surface area contributed by atoms with Gasteiger partial charge in [0.2, 0.25) is 0 Å². The van der Waals surface area contributed by atoms with Crippen molar-refractivity contribution in [1.82, 2.24) is 5.32 Å². The van der Waals surface area contributed by atoms with Crippen molar-refractivity contribution >= 4 is 23.0 Å². The number of nitrogens with one attached hydrogen (secondary N) is 2. The Bertz CT molecular complexity index is 772. The largest absolute Gasteiger partial charge is 0.497 e. The van der Waals surface area contributed by atoms with Crippen LogP contribution in [0.4, 0.5) is 5.69 Å². The van der Waals surface area contributed by atoms with Gasteiger partial charge in [-0.25, -0.2) is 0 Å². The van der Waals surface area contributed by atoms with Gasteiger partial charge in [0, 0.05) is 17.7 Å². The molecule has 1 atom stereocenters. The topological polar surface area (TPSA) is 42.5 Å². The molecule has 1 aliphatic rings. The van der Waals surface area contributed by atoms with E-state index >= 15 is 0 Å². The van der Waals surface area contributed by atoms with E-state index < -0.39 is 0 Å². The maximum absolute atomic E-state index is 6.14. The molecule has 4 nitrogen and oxygen atoms in total. The van der Waals surface area contributed by atoms with Crippen molar-refractivity contribution in [2.45, 2.75) is 38.8 Å². The zero-order valence-corrected chi connectivity index (χ0v) is 15.9. The quantitative estimate of drug-likeness (QED) is 0.787. The van der Waals surface area contributed by atoms with Crippen LogP contribution in [0.25, 0.3) is 0 Å². The smallest absolute Gasteiger partial charge is 0.171 e. The maximum Gasteiger partial charge on any atom is 0.171 e. The van der Waals surface area contributed by atoms with E-state index in [9.17, 15) is 0 Å². The number of fused-ring (bicyclic) bond motifs is 1. The summed E-state index contributed by atoms with van der Waals surface area (Å²) in [5.41, 5.74) is 3.01. The van der Waals surface area contributed by atoms with E-state index in [4.69, 9.17) is 21.7 Å². The number of hydrogen-bond donors (Lipinski definition) is 2. The highest BCUT2D eigenvalue weighted by Crippen LogP contribution is 2.39. The fourth-order valence-electron chi connectivity index (χ4n) is 3.09. The second-order valence-electron chi connectivity index (χ2n) is 6.99. The van der Waals surface area contributed by atoms with Gasteiger partial charge in [0.1, 0.15) is 17.1 Å². The SMILES string of the molecule is COc1ccc(NC(=S)N[C@H]2CC(C)(C)Oc3cc(C)ccc32)cc1. The van der Waals surface area contributed by atoms with E-state index in [0.717, 1.165) is 29.2 Å². The Morgan fingerprint density at radius 1 is 1.20 bits per heavy atom. The highest BCUT2D eigenvalue weighted by Gasteiger charge is 2.34. The standard InChI is InChI=1S/C20H24N2O2S/c1-13-5-10-16-17(12-20(2,3)24-18(16)11-13)22-19(25)21-14-6-8-15(23-4)9-7-14/h5-11,17H,12H2,1-4H3,(H2,21,22,25)/t17-/m0/s1. The zero-order chi connectivity index (χ0) is 18.0. The van der Waals surface area contributed by atoms with Crippen LogP contribution >= 0.6 is 12.2 Å². The van der Waals surface area contributed by atoms with Gasteiger partial charge in [0.25, 0.3) is 0 Å². The summed E-state index contributed by atoms with van der Waals surface area (Å²) in [5, 5.41) is 7.27. The van der Waals surface area contributed by atoms with Gasteiger partial charge in [-0.3, -0.25) is 0 Å². The fraction of sp³-hybridized carbons (Fsp3) is 0.350. The summed E-state index contributed by atoms with van der Waals surface area (Å²) >= 11 is 5.51. The average Bonchev–Trinajstić information content (AvgIpc) is 2.54. The van der Waals surface area contributed by atoms with Crippen LogP contribution in [0.3, 0.4) is 0 Å². The Morgan fingerprint density at radius 2 is 1.92 bits per heavy atom. The normalized spacial score (nSPS) is 17.8. The monoisotopic (exact) mass is 356 g/mol. The van der Waals surface area contributed by atoms with Crippen LogP contribution in [0.1, 0.15) is 37.4 Å². The third-order valence-electron chi connectivity index (χ3n) is 4.28. The second kappa shape index (κ2) is 6.92.